The van der Waals surface area contributed by atoms with Crippen LogP contribution in [0.3, 0.4) is 0 Å². The number of rotatable bonds is 8. The van der Waals surface area contributed by atoms with E-state index in [1.807, 2.05) is 12.1 Å². The van der Waals surface area contributed by atoms with Gasteiger partial charge in [-0.3, -0.25) is 0 Å². The number of hydrogen-bond acceptors (Lipinski definition) is 2. The third kappa shape index (κ3) is 6.38. The molecule has 0 radical (unpaired) electrons. The normalized spacial score (nSPS) is 11.5. The molecule has 0 fully saturated rings. The Labute approximate surface area is 366 Å². The molecular formula is C60H40N2O. The molecule has 10 aromatic carbocycles. The summed E-state index contributed by atoms with van der Waals surface area (Å²) in [6.45, 7) is 0. The number of para-hydroxylation sites is 4. The lowest BCUT2D eigenvalue weighted by Gasteiger charge is -2.27. The van der Waals surface area contributed by atoms with E-state index in [1.54, 1.807) is 0 Å². The minimum atomic E-state index is 0.888. The summed E-state index contributed by atoms with van der Waals surface area (Å²) >= 11 is 0. The second-order valence-corrected chi connectivity index (χ2v) is 16.1. The summed E-state index contributed by atoms with van der Waals surface area (Å²) in [6.07, 6.45) is 0. The van der Waals surface area contributed by atoms with Crippen molar-refractivity contribution in [3.8, 4) is 50.2 Å². The van der Waals surface area contributed by atoms with Gasteiger partial charge in [0.15, 0.2) is 0 Å². The summed E-state index contributed by atoms with van der Waals surface area (Å²) < 4.78 is 8.73. The fourth-order valence-corrected chi connectivity index (χ4v) is 9.46. The van der Waals surface area contributed by atoms with E-state index in [-0.39, 0.29) is 0 Å². The van der Waals surface area contributed by atoms with Gasteiger partial charge >= 0.3 is 0 Å². The van der Waals surface area contributed by atoms with Gasteiger partial charge in [0, 0.05) is 44.2 Å². The van der Waals surface area contributed by atoms with E-state index < -0.39 is 0 Å². The second-order valence-electron chi connectivity index (χ2n) is 16.1. The molecule has 0 bridgehead atoms. The molecule has 2 aromatic heterocycles. The van der Waals surface area contributed by atoms with Gasteiger partial charge in [0.2, 0.25) is 0 Å². The van der Waals surface area contributed by atoms with Crippen LogP contribution >= 0.6 is 0 Å². The van der Waals surface area contributed by atoms with E-state index in [1.165, 1.54) is 49.6 Å². The highest BCUT2D eigenvalue weighted by atomic mass is 16.3. The van der Waals surface area contributed by atoms with E-state index >= 15 is 0 Å². The Bertz CT molecular complexity index is 3560. The standard InChI is InChI=1S/C60H40N2O/c1-2-15-41(16-3-1)49-19-4-5-20-50(49)42-29-34-46(35-30-42)61(48-18-14-17-44(39-48)45-33-38-55-54-24-9-13-28-59(54)63-60(55)40-45)47-36-31-43(32-37-47)51-21-6-10-25-56(51)62-57-26-11-7-22-52(57)53-23-8-12-27-58(53)62/h1-40H. The monoisotopic (exact) mass is 804 g/mol. The van der Waals surface area contributed by atoms with Crippen LogP contribution in [0.25, 0.3) is 93.9 Å². The van der Waals surface area contributed by atoms with E-state index in [9.17, 15) is 0 Å². The summed E-state index contributed by atoms with van der Waals surface area (Å²) in [5.41, 5.74) is 17.9. The van der Waals surface area contributed by atoms with Crippen molar-refractivity contribution >= 4 is 60.8 Å². The molecule has 3 heteroatoms. The number of benzene rings is 10. The lowest BCUT2D eigenvalue weighted by Crippen LogP contribution is -2.10. The zero-order valence-corrected chi connectivity index (χ0v) is 34.4. The molecule has 0 spiro atoms. The summed E-state index contributed by atoms with van der Waals surface area (Å²) in [7, 11) is 0. The van der Waals surface area contributed by atoms with Crippen LogP contribution < -0.4 is 4.90 Å². The molecule has 0 atom stereocenters. The summed E-state index contributed by atoms with van der Waals surface area (Å²) in [6, 6.07) is 87.1. The molecule has 0 amide bonds. The minimum Gasteiger partial charge on any atom is -0.456 e. The van der Waals surface area contributed by atoms with Crippen LogP contribution in [0, 0.1) is 0 Å². The summed E-state index contributed by atoms with van der Waals surface area (Å²) in [5.74, 6) is 0. The predicted octanol–water partition coefficient (Wildman–Crippen LogP) is 16.8. The Hall–Kier alpha value is -8.40. The Kier molecular flexibility index (Phi) is 8.83. The number of furan rings is 1. The molecule has 0 aliphatic rings. The van der Waals surface area contributed by atoms with Gasteiger partial charge in [-0.05, 0) is 112 Å². The fraction of sp³-hybridized carbons (Fsp3) is 0. The maximum Gasteiger partial charge on any atom is 0.136 e. The van der Waals surface area contributed by atoms with E-state index in [4.69, 9.17) is 4.42 Å². The van der Waals surface area contributed by atoms with Crippen molar-refractivity contribution in [2.45, 2.75) is 0 Å². The van der Waals surface area contributed by atoms with Gasteiger partial charge in [0.25, 0.3) is 0 Å². The van der Waals surface area contributed by atoms with Gasteiger partial charge < -0.3 is 13.9 Å². The molecule has 0 saturated carbocycles. The van der Waals surface area contributed by atoms with Gasteiger partial charge in [0.1, 0.15) is 11.2 Å². The van der Waals surface area contributed by atoms with Crippen LogP contribution in [0.5, 0.6) is 0 Å². The average molecular weight is 805 g/mol. The van der Waals surface area contributed by atoms with Crippen LogP contribution in [0.4, 0.5) is 17.1 Å². The lowest BCUT2D eigenvalue weighted by atomic mass is 9.94. The number of nitrogens with zero attached hydrogens (tertiary/aromatic N) is 2. The lowest BCUT2D eigenvalue weighted by molar-refractivity contribution is 0.669. The van der Waals surface area contributed by atoms with Crippen LogP contribution in [-0.2, 0) is 0 Å². The SMILES string of the molecule is c1ccc(-c2ccccc2-c2ccc(N(c3ccc(-c4ccccc4-n4c5ccccc5c5ccccc54)cc3)c3cccc(-c4ccc5c(c4)oc4ccccc45)c3)cc2)cc1. The molecule has 63 heavy (non-hydrogen) atoms. The highest BCUT2D eigenvalue weighted by Crippen LogP contribution is 2.42. The number of fused-ring (bicyclic) bond motifs is 6. The third-order valence-corrected chi connectivity index (χ3v) is 12.4. The quantitative estimate of drug-likeness (QED) is 0.153. The topological polar surface area (TPSA) is 21.3 Å². The molecule has 12 rings (SSSR count). The Morgan fingerprint density at radius 2 is 0.762 bits per heavy atom. The second kappa shape index (κ2) is 15.3. The zero-order valence-electron chi connectivity index (χ0n) is 34.4. The molecule has 0 aliphatic carbocycles. The molecule has 0 N–H and O–H groups in total. The van der Waals surface area contributed by atoms with E-state index in [0.717, 1.165) is 61.4 Å². The maximum absolute atomic E-state index is 6.32. The van der Waals surface area contributed by atoms with E-state index in [0.29, 0.717) is 0 Å². The first-order chi connectivity index (χ1) is 31.2. The van der Waals surface area contributed by atoms with Crippen LogP contribution in [0.1, 0.15) is 0 Å². The number of hydrogen-bond donors (Lipinski definition) is 0. The smallest absolute Gasteiger partial charge is 0.136 e. The third-order valence-electron chi connectivity index (χ3n) is 12.4. The van der Waals surface area contributed by atoms with Crippen molar-refractivity contribution in [3.63, 3.8) is 0 Å². The van der Waals surface area contributed by atoms with Gasteiger partial charge in [-0.25, -0.2) is 0 Å². The summed E-state index contributed by atoms with van der Waals surface area (Å²) in [4.78, 5) is 2.36. The van der Waals surface area contributed by atoms with Gasteiger partial charge in [-0.1, -0.05) is 170 Å². The largest absolute Gasteiger partial charge is 0.456 e. The highest BCUT2D eigenvalue weighted by Gasteiger charge is 2.18. The van der Waals surface area contributed by atoms with Crippen molar-refractivity contribution in [2.24, 2.45) is 0 Å². The predicted molar refractivity (Wildman–Crippen MR) is 264 cm³/mol. The molecule has 3 nitrogen and oxygen atoms in total. The van der Waals surface area contributed by atoms with Crippen molar-refractivity contribution in [3.05, 3.63) is 243 Å². The van der Waals surface area contributed by atoms with Crippen molar-refractivity contribution in [2.75, 3.05) is 4.90 Å². The van der Waals surface area contributed by atoms with Gasteiger partial charge in [-0.15, -0.1) is 0 Å². The van der Waals surface area contributed by atoms with Crippen molar-refractivity contribution < 1.29 is 4.42 Å². The first kappa shape index (κ1) is 36.5. The van der Waals surface area contributed by atoms with Crippen LogP contribution in [0.15, 0.2) is 247 Å². The zero-order chi connectivity index (χ0) is 41.7. The van der Waals surface area contributed by atoms with Gasteiger partial charge in [-0.2, -0.15) is 0 Å². The van der Waals surface area contributed by atoms with Crippen LogP contribution in [-0.4, -0.2) is 4.57 Å². The molecule has 0 unspecified atom stereocenters. The molecule has 12 aromatic rings. The first-order valence-corrected chi connectivity index (χ1v) is 21.5. The number of aromatic nitrogens is 1. The number of anilines is 3. The van der Waals surface area contributed by atoms with E-state index in [2.05, 4.69) is 240 Å². The maximum atomic E-state index is 6.32. The van der Waals surface area contributed by atoms with Crippen molar-refractivity contribution in [1.29, 1.82) is 0 Å². The highest BCUT2D eigenvalue weighted by molar-refractivity contribution is 6.10. The fourth-order valence-electron chi connectivity index (χ4n) is 9.46. The van der Waals surface area contributed by atoms with Gasteiger partial charge in [0.05, 0.1) is 16.7 Å². The van der Waals surface area contributed by atoms with Crippen LogP contribution in [0.2, 0.25) is 0 Å². The Morgan fingerprint density at radius 3 is 1.44 bits per heavy atom. The van der Waals surface area contributed by atoms with Crippen molar-refractivity contribution in [1.82, 2.24) is 4.57 Å². The molecule has 0 aliphatic heterocycles. The molecule has 296 valence electrons. The Balaban J connectivity index is 0.966. The molecular weight excluding hydrogens is 765 g/mol. The summed E-state index contributed by atoms with van der Waals surface area (Å²) in [5, 5.41) is 4.77. The first-order valence-electron chi connectivity index (χ1n) is 21.5. The average Bonchev–Trinajstić information content (AvgIpc) is 3.90. The molecule has 2 heterocycles. The Morgan fingerprint density at radius 1 is 0.286 bits per heavy atom. The molecule has 0 saturated heterocycles. The minimum absolute atomic E-state index is 0.888.